The fourth-order valence-corrected chi connectivity index (χ4v) is 3.83. The van der Waals surface area contributed by atoms with Gasteiger partial charge in [-0.25, -0.2) is 4.98 Å². The predicted octanol–water partition coefficient (Wildman–Crippen LogP) is 2.95. The normalized spacial score (nSPS) is 21.6. The first-order chi connectivity index (χ1) is 11.1. The van der Waals surface area contributed by atoms with Crippen LogP contribution in [0.2, 0.25) is 0 Å². The number of imidazole rings is 1. The fraction of sp³-hybridized carbons (Fsp3) is 0.526. The summed E-state index contributed by atoms with van der Waals surface area (Å²) in [6, 6.07) is 6.52. The summed E-state index contributed by atoms with van der Waals surface area (Å²) in [5.41, 5.74) is 2.56. The topological polar surface area (TPSA) is 39.1 Å². The van der Waals surface area contributed by atoms with Crippen molar-refractivity contribution in [2.24, 2.45) is 5.92 Å². The third-order valence-electron chi connectivity index (χ3n) is 4.95. The molecule has 1 aromatic heterocycles. The summed E-state index contributed by atoms with van der Waals surface area (Å²) < 4.78 is 8.44. The van der Waals surface area contributed by atoms with Crippen molar-refractivity contribution in [3.63, 3.8) is 0 Å². The number of aryl methyl sites for hydroxylation is 1. The Balaban J connectivity index is 1.36. The number of rotatable bonds is 4. The van der Waals surface area contributed by atoms with Crippen molar-refractivity contribution in [1.82, 2.24) is 14.9 Å². The number of ether oxygens (including phenoxy) is 1. The van der Waals surface area contributed by atoms with Crippen LogP contribution in [0.25, 0.3) is 0 Å². The molecule has 23 heavy (non-hydrogen) atoms. The van der Waals surface area contributed by atoms with E-state index in [1.165, 1.54) is 23.4 Å². The smallest absolute Gasteiger partial charge is 0.127 e. The lowest BCUT2D eigenvalue weighted by atomic mass is 9.99. The number of fused-ring (bicyclic) bond motifs is 2. The van der Waals surface area contributed by atoms with Gasteiger partial charge in [-0.2, -0.15) is 0 Å². The summed E-state index contributed by atoms with van der Waals surface area (Å²) >= 11 is 0. The lowest BCUT2D eigenvalue weighted by molar-refractivity contribution is 0.137. The van der Waals surface area contributed by atoms with Gasteiger partial charge in [-0.3, -0.25) is 0 Å². The minimum Gasteiger partial charge on any atom is -0.487 e. The van der Waals surface area contributed by atoms with Crippen molar-refractivity contribution in [2.75, 3.05) is 6.54 Å². The van der Waals surface area contributed by atoms with Gasteiger partial charge in [0.2, 0.25) is 0 Å². The molecular formula is C19H25N3O. The second-order valence-corrected chi connectivity index (χ2v) is 7.48. The molecule has 0 radical (unpaired) electrons. The molecule has 4 nitrogen and oxygen atoms in total. The highest BCUT2D eigenvalue weighted by atomic mass is 16.5. The third-order valence-corrected chi connectivity index (χ3v) is 4.95. The van der Waals surface area contributed by atoms with E-state index in [4.69, 9.17) is 4.74 Å². The zero-order valence-corrected chi connectivity index (χ0v) is 14.0. The predicted molar refractivity (Wildman–Crippen MR) is 90.6 cm³/mol. The molecule has 0 saturated carbocycles. The van der Waals surface area contributed by atoms with Crippen molar-refractivity contribution < 1.29 is 4.74 Å². The highest BCUT2D eigenvalue weighted by Gasteiger charge is 2.31. The molecule has 3 heterocycles. The average Bonchev–Trinajstić information content (AvgIpc) is 3.09. The van der Waals surface area contributed by atoms with Gasteiger partial charge >= 0.3 is 0 Å². The van der Waals surface area contributed by atoms with Crippen LogP contribution in [0.5, 0.6) is 5.75 Å². The van der Waals surface area contributed by atoms with Gasteiger partial charge in [-0.1, -0.05) is 18.2 Å². The zero-order chi connectivity index (χ0) is 15.9. The summed E-state index contributed by atoms with van der Waals surface area (Å²) in [5, 5.41) is 3.64. The van der Waals surface area contributed by atoms with Crippen LogP contribution in [0.15, 0.2) is 30.6 Å². The standard InChI is InChI=1S/C19H25N3O/c1-19(2)10-15-4-3-5-16(18(15)23-19)12-20-11-14-6-7-17-21-8-9-22(17)13-14/h3-5,8-9,14,20H,6-7,10-13H2,1-2H3. The molecular weight excluding hydrogens is 286 g/mol. The van der Waals surface area contributed by atoms with E-state index in [1.807, 2.05) is 6.20 Å². The number of hydrogen-bond acceptors (Lipinski definition) is 3. The zero-order valence-electron chi connectivity index (χ0n) is 14.0. The van der Waals surface area contributed by atoms with Crippen molar-refractivity contribution in [2.45, 2.75) is 51.8 Å². The molecule has 0 bridgehead atoms. The minimum absolute atomic E-state index is 0.0698. The van der Waals surface area contributed by atoms with Crippen LogP contribution < -0.4 is 10.1 Å². The molecule has 0 fully saturated rings. The number of para-hydroxylation sites is 1. The Hall–Kier alpha value is -1.81. The lowest BCUT2D eigenvalue weighted by Gasteiger charge is -2.24. The van der Waals surface area contributed by atoms with Crippen LogP contribution in [0.3, 0.4) is 0 Å². The lowest BCUT2D eigenvalue weighted by Crippen LogP contribution is -2.30. The second kappa shape index (κ2) is 5.68. The van der Waals surface area contributed by atoms with E-state index in [1.54, 1.807) is 0 Å². The Kier molecular flexibility index (Phi) is 3.64. The van der Waals surface area contributed by atoms with Gasteiger partial charge in [-0.05, 0) is 38.3 Å². The Morgan fingerprint density at radius 3 is 3.22 bits per heavy atom. The third kappa shape index (κ3) is 3.00. The second-order valence-electron chi connectivity index (χ2n) is 7.48. The van der Waals surface area contributed by atoms with Crippen molar-refractivity contribution in [3.05, 3.63) is 47.5 Å². The van der Waals surface area contributed by atoms with Crippen LogP contribution in [0.4, 0.5) is 0 Å². The van der Waals surface area contributed by atoms with Crippen LogP contribution in [-0.2, 0) is 25.9 Å². The van der Waals surface area contributed by atoms with Gasteiger partial charge in [-0.15, -0.1) is 0 Å². The van der Waals surface area contributed by atoms with Crippen molar-refractivity contribution in [3.8, 4) is 5.75 Å². The number of benzene rings is 1. The maximum absolute atomic E-state index is 6.15. The Morgan fingerprint density at radius 2 is 2.30 bits per heavy atom. The molecule has 1 atom stereocenters. The number of aromatic nitrogens is 2. The Morgan fingerprint density at radius 1 is 1.39 bits per heavy atom. The molecule has 2 aromatic rings. The molecule has 4 heteroatoms. The largest absolute Gasteiger partial charge is 0.487 e. The van der Waals surface area contributed by atoms with E-state index < -0.39 is 0 Å². The highest BCUT2D eigenvalue weighted by Crippen LogP contribution is 2.37. The van der Waals surface area contributed by atoms with E-state index in [-0.39, 0.29) is 5.60 Å². The number of nitrogens with one attached hydrogen (secondary N) is 1. The Bertz CT molecular complexity index is 704. The molecule has 1 unspecified atom stereocenters. The minimum atomic E-state index is -0.0698. The van der Waals surface area contributed by atoms with E-state index in [0.29, 0.717) is 5.92 Å². The first-order valence-electron chi connectivity index (χ1n) is 8.61. The van der Waals surface area contributed by atoms with Gasteiger partial charge in [0.25, 0.3) is 0 Å². The monoisotopic (exact) mass is 311 g/mol. The van der Waals surface area contributed by atoms with E-state index in [2.05, 4.69) is 53.1 Å². The molecule has 0 spiro atoms. The maximum atomic E-state index is 6.15. The van der Waals surface area contributed by atoms with Crippen molar-refractivity contribution >= 4 is 0 Å². The summed E-state index contributed by atoms with van der Waals surface area (Å²) in [7, 11) is 0. The summed E-state index contributed by atoms with van der Waals surface area (Å²) in [6.45, 7) is 7.33. The number of hydrogen-bond donors (Lipinski definition) is 1. The van der Waals surface area contributed by atoms with Crippen LogP contribution in [0, 0.1) is 5.92 Å². The summed E-state index contributed by atoms with van der Waals surface area (Å²) in [5.74, 6) is 3.02. The van der Waals surface area contributed by atoms with Gasteiger partial charge in [0, 0.05) is 43.9 Å². The molecule has 1 aromatic carbocycles. The van der Waals surface area contributed by atoms with E-state index in [0.717, 1.165) is 38.2 Å². The van der Waals surface area contributed by atoms with Crippen LogP contribution in [-0.4, -0.2) is 21.7 Å². The molecule has 122 valence electrons. The van der Waals surface area contributed by atoms with Gasteiger partial charge in [0.15, 0.2) is 0 Å². The molecule has 2 aliphatic heterocycles. The van der Waals surface area contributed by atoms with Crippen molar-refractivity contribution in [1.29, 1.82) is 0 Å². The van der Waals surface area contributed by atoms with Crippen LogP contribution >= 0.6 is 0 Å². The average molecular weight is 311 g/mol. The summed E-state index contributed by atoms with van der Waals surface area (Å²) in [4.78, 5) is 4.40. The van der Waals surface area contributed by atoms with Crippen LogP contribution in [0.1, 0.15) is 37.2 Å². The SMILES string of the molecule is CC1(C)Cc2cccc(CNCC3CCc4nccn4C3)c2O1. The van der Waals surface area contributed by atoms with E-state index >= 15 is 0 Å². The first kappa shape index (κ1) is 14.8. The van der Waals surface area contributed by atoms with E-state index in [9.17, 15) is 0 Å². The first-order valence-corrected chi connectivity index (χ1v) is 8.61. The molecule has 0 aliphatic carbocycles. The molecule has 0 amide bonds. The van der Waals surface area contributed by atoms with Gasteiger partial charge in [0.1, 0.15) is 17.2 Å². The molecule has 4 rings (SSSR count). The molecule has 0 saturated heterocycles. The maximum Gasteiger partial charge on any atom is 0.127 e. The molecule has 1 N–H and O–H groups in total. The summed E-state index contributed by atoms with van der Waals surface area (Å²) in [6.07, 6.45) is 7.33. The Labute approximate surface area is 137 Å². The van der Waals surface area contributed by atoms with Gasteiger partial charge < -0.3 is 14.6 Å². The number of nitrogens with zero attached hydrogens (tertiary/aromatic N) is 2. The molecule has 2 aliphatic rings. The highest BCUT2D eigenvalue weighted by molar-refractivity contribution is 5.45. The quantitative estimate of drug-likeness (QED) is 0.943. The van der Waals surface area contributed by atoms with Gasteiger partial charge in [0.05, 0.1) is 0 Å². The fourth-order valence-electron chi connectivity index (χ4n) is 3.83.